The predicted octanol–water partition coefficient (Wildman–Crippen LogP) is 13.4. The summed E-state index contributed by atoms with van der Waals surface area (Å²) in [6, 6.07) is 54.8. The summed E-state index contributed by atoms with van der Waals surface area (Å²) < 4.78 is 6.99. The van der Waals surface area contributed by atoms with Crippen molar-refractivity contribution in [3.63, 3.8) is 0 Å². The molecule has 3 atom stereocenters. The van der Waals surface area contributed by atoms with E-state index in [1.54, 1.807) is 0 Å². The zero-order valence-corrected chi connectivity index (χ0v) is 32.9. The van der Waals surface area contributed by atoms with Crippen molar-refractivity contribution >= 4 is 51.1 Å². The number of para-hydroxylation sites is 1. The summed E-state index contributed by atoms with van der Waals surface area (Å²) in [5.41, 5.74) is 14.1. The van der Waals surface area contributed by atoms with Gasteiger partial charge in [-0.2, -0.15) is 0 Å². The predicted molar refractivity (Wildman–Crippen MR) is 245 cm³/mol. The fourth-order valence-electron chi connectivity index (χ4n) is 9.33. The molecule has 3 aliphatic rings. The molecule has 280 valence electrons. The molecule has 0 radical (unpaired) electrons. The van der Waals surface area contributed by atoms with Crippen LogP contribution in [0.2, 0.25) is 0 Å². The molecule has 2 heteroatoms. The van der Waals surface area contributed by atoms with Crippen molar-refractivity contribution in [3.05, 3.63) is 233 Å². The average molecular weight is 748 g/mol. The highest BCUT2D eigenvalue weighted by Gasteiger charge is 2.35. The third-order valence-electron chi connectivity index (χ3n) is 12.2. The molecule has 1 aromatic heterocycles. The molecule has 2 nitrogen and oxygen atoms in total. The van der Waals surface area contributed by atoms with Crippen LogP contribution in [0.25, 0.3) is 50.9 Å². The Balaban J connectivity index is 1.19. The molecule has 3 aliphatic carbocycles. The minimum atomic E-state index is 0.0835. The van der Waals surface area contributed by atoms with E-state index < -0.39 is 0 Å². The number of hydrogen-bond acceptors (Lipinski definition) is 2. The van der Waals surface area contributed by atoms with Crippen molar-refractivity contribution in [3.8, 4) is 11.1 Å². The largest absolute Gasteiger partial charge is 0.460 e. The van der Waals surface area contributed by atoms with Gasteiger partial charge in [0.1, 0.15) is 11.2 Å². The summed E-state index contributed by atoms with van der Waals surface area (Å²) in [7, 11) is 0. The van der Waals surface area contributed by atoms with E-state index in [1.165, 1.54) is 49.7 Å². The second-order valence-electron chi connectivity index (χ2n) is 15.5. The molecule has 10 rings (SSSR count). The van der Waals surface area contributed by atoms with Gasteiger partial charge in [-0.05, 0) is 94.8 Å². The van der Waals surface area contributed by atoms with Crippen molar-refractivity contribution in [2.45, 2.75) is 32.1 Å². The van der Waals surface area contributed by atoms with Gasteiger partial charge in [0.05, 0.1) is 5.69 Å². The van der Waals surface area contributed by atoms with Crippen molar-refractivity contribution in [1.82, 2.24) is 0 Å². The summed E-state index contributed by atoms with van der Waals surface area (Å²) in [6.45, 7) is 4.36. The molecule has 7 aromatic rings. The van der Waals surface area contributed by atoms with Crippen LogP contribution in [0.1, 0.15) is 60.1 Å². The second kappa shape index (κ2) is 15.2. The summed E-state index contributed by atoms with van der Waals surface area (Å²) in [5, 5.41) is 3.64. The molecular weight excluding hydrogens is 703 g/mol. The van der Waals surface area contributed by atoms with Gasteiger partial charge in [0.2, 0.25) is 0 Å². The lowest BCUT2D eigenvalue weighted by Crippen LogP contribution is -2.31. The Hall–Kier alpha value is -6.90. The first-order valence-electron chi connectivity index (χ1n) is 20.5. The quantitative estimate of drug-likeness (QED) is 0.161. The minimum Gasteiger partial charge on any atom is -0.460 e. The second-order valence-corrected chi connectivity index (χ2v) is 15.5. The fourth-order valence-corrected chi connectivity index (χ4v) is 9.33. The van der Waals surface area contributed by atoms with Crippen LogP contribution in [0, 0.1) is 5.92 Å². The maximum absolute atomic E-state index is 6.99. The number of nitrogens with zero attached hydrogens (tertiary/aromatic N) is 1. The lowest BCUT2D eigenvalue weighted by molar-refractivity contribution is 0.445. The molecule has 0 aliphatic heterocycles. The van der Waals surface area contributed by atoms with Gasteiger partial charge in [-0.3, -0.25) is 0 Å². The van der Waals surface area contributed by atoms with Gasteiger partial charge >= 0.3 is 0 Å². The Labute approximate surface area is 341 Å². The van der Waals surface area contributed by atoms with E-state index >= 15 is 0 Å². The Morgan fingerprint density at radius 1 is 0.655 bits per heavy atom. The van der Waals surface area contributed by atoms with Gasteiger partial charge in [-0.25, -0.2) is 0 Å². The van der Waals surface area contributed by atoms with Gasteiger partial charge in [-0.15, -0.1) is 0 Å². The lowest BCUT2D eigenvalue weighted by atomic mass is 9.73. The number of rotatable bonds is 7. The zero-order valence-electron chi connectivity index (χ0n) is 32.9. The van der Waals surface area contributed by atoms with Crippen LogP contribution < -0.4 is 15.5 Å². The van der Waals surface area contributed by atoms with Crippen LogP contribution in [0.15, 0.2) is 199 Å². The third kappa shape index (κ3) is 6.32. The third-order valence-corrected chi connectivity index (χ3v) is 12.2. The van der Waals surface area contributed by atoms with Gasteiger partial charge in [0, 0.05) is 45.5 Å². The SMILES string of the molecule is C/C=c1/oc2c(/c1=C(/C)N(c1ccc(-c3ccccc3)cc1)c1ccccc1C1=CCC(c3ccccc3)C=C1)C=C(c1cccc3ccccc13)[C@@H]1C=CC=CC21. The van der Waals surface area contributed by atoms with Crippen LogP contribution in [-0.2, 0) is 0 Å². The zero-order chi connectivity index (χ0) is 39.0. The molecule has 0 N–H and O–H groups in total. The minimum absolute atomic E-state index is 0.0835. The van der Waals surface area contributed by atoms with E-state index in [2.05, 4.69) is 225 Å². The van der Waals surface area contributed by atoms with Crippen molar-refractivity contribution < 1.29 is 4.42 Å². The summed E-state index contributed by atoms with van der Waals surface area (Å²) in [5.74, 6) is 1.64. The molecule has 0 bridgehead atoms. The van der Waals surface area contributed by atoms with Crippen molar-refractivity contribution in [1.29, 1.82) is 0 Å². The van der Waals surface area contributed by atoms with Crippen LogP contribution in [0.3, 0.4) is 0 Å². The van der Waals surface area contributed by atoms with Gasteiger partial charge in [0.15, 0.2) is 0 Å². The van der Waals surface area contributed by atoms with Crippen molar-refractivity contribution in [2.75, 3.05) is 4.90 Å². The Morgan fingerprint density at radius 2 is 1.33 bits per heavy atom. The van der Waals surface area contributed by atoms with E-state index in [9.17, 15) is 0 Å². The lowest BCUT2D eigenvalue weighted by Gasteiger charge is -2.31. The summed E-state index contributed by atoms with van der Waals surface area (Å²) in [4.78, 5) is 2.45. The molecular formula is C56H45NO. The van der Waals surface area contributed by atoms with E-state index in [1.807, 2.05) is 0 Å². The summed E-state index contributed by atoms with van der Waals surface area (Å²) in [6.07, 6.45) is 21.7. The number of hydrogen-bond donors (Lipinski definition) is 0. The highest BCUT2D eigenvalue weighted by Crippen LogP contribution is 2.47. The van der Waals surface area contributed by atoms with E-state index in [-0.39, 0.29) is 11.8 Å². The molecule has 2 unspecified atom stereocenters. The molecule has 0 spiro atoms. The highest BCUT2D eigenvalue weighted by molar-refractivity contribution is 6.00. The molecule has 0 saturated heterocycles. The van der Waals surface area contributed by atoms with Crippen LogP contribution in [0.5, 0.6) is 0 Å². The van der Waals surface area contributed by atoms with Crippen molar-refractivity contribution in [2.24, 2.45) is 5.92 Å². The van der Waals surface area contributed by atoms with Gasteiger partial charge in [0.25, 0.3) is 0 Å². The number of fused-ring (bicyclic) bond motifs is 4. The van der Waals surface area contributed by atoms with E-state index in [0.29, 0.717) is 5.92 Å². The maximum atomic E-state index is 6.99. The monoisotopic (exact) mass is 747 g/mol. The first kappa shape index (κ1) is 35.5. The number of anilines is 2. The summed E-state index contributed by atoms with van der Waals surface area (Å²) >= 11 is 0. The molecule has 0 amide bonds. The standard InChI is InChI=1S/C56H45NO/c1-3-54-55(52-37-51(49-25-12-13-26-50(49)56(52)58-54)48-27-16-22-43-21-10-11-23-46(43)48)38(2)57(45-35-33-42(34-36-45)40-19-8-5-9-20-40)53-28-15-14-24-47(53)44-31-29-41(30-32-44)39-17-6-4-7-18-39/h3-29,31-37,41,49-50H,30H2,1-2H3/b54-3+,55-38+/t41?,49-,50?/m1/s1. The molecule has 1 heterocycles. The van der Waals surface area contributed by atoms with Gasteiger partial charge < -0.3 is 9.32 Å². The van der Waals surface area contributed by atoms with Crippen LogP contribution in [-0.4, -0.2) is 0 Å². The molecule has 6 aromatic carbocycles. The van der Waals surface area contributed by atoms with E-state index in [4.69, 9.17) is 4.42 Å². The number of benzene rings is 6. The van der Waals surface area contributed by atoms with Crippen LogP contribution in [0.4, 0.5) is 11.4 Å². The Kier molecular flexibility index (Phi) is 9.31. The first-order chi connectivity index (χ1) is 28.7. The molecule has 0 fully saturated rings. The normalized spacial score (nSPS) is 19.0. The molecule has 58 heavy (non-hydrogen) atoms. The average Bonchev–Trinajstić information content (AvgIpc) is 3.69. The maximum Gasteiger partial charge on any atom is 0.132 e. The topological polar surface area (TPSA) is 16.4 Å². The Bertz CT molecular complexity index is 2930. The number of furan rings is 1. The highest BCUT2D eigenvalue weighted by atomic mass is 16.3. The molecule has 0 saturated carbocycles. The first-order valence-corrected chi connectivity index (χ1v) is 20.5. The number of allylic oxidation sites excluding steroid dienone is 9. The van der Waals surface area contributed by atoms with Crippen LogP contribution >= 0.6 is 0 Å². The smallest absolute Gasteiger partial charge is 0.132 e. The van der Waals surface area contributed by atoms with E-state index in [0.717, 1.165) is 45.5 Å². The van der Waals surface area contributed by atoms with Gasteiger partial charge in [-0.1, -0.05) is 176 Å². The fraction of sp³-hybridized carbons (Fsp3) is 0.107. The Morgan fingerprint density at radius 3 is 2.10 bits per heavy atom.